The van der Waals surface area contributed by atoms with Crippen molar-refractivity contribution in [1.29, 1.82) is 0 Å². The number of rotatable bonds is 7. The van der Waals surface area contributed by atoms with Crippen molar-refractivity contribution >= 4 is 24.4 Å². The van der Waals surface area contributed by atoms with Gasteiger partial charge in [0.1, 0.15) is 12.4 Å². The average Bonchev–Trinajstić information content (AvgIpc) is 2.79. The molecule has 0 saturated carbocycles. The fourth-order valence-electron chi connectivity index (χ4n) is 3.36. The first kappa shape index (κ1) is 24.5. The molecule has 2 aromatic rings. The molecule has 2 amide bonds. The molecular formula is C23H30ClN3O4. The number of amides is 2. The summed E-state index contributed by atoms with van der Waals surface area (Å²) in [5, 5.41) is 0. The van der Waals surface area contributed by atoms with Gasteiger partial charge in [0.25, 0.3) is 0 Å². The van der Waals surface area contributed by atoms with E-state index in [1.54, 1.807) is 16.7 Å². The Morgan fingerprint density at radius 1 is 0.935 bits per heavy atom. The Morgan fingerprint density at radius 2 is 1.55 bits per heavy atom. The third kappa shape index (κ3) is 7.15. The number of piperazine rings is 1. The summed E-state index contributed by atoms with van der Waals surface area (Å²) in [5.41, 5.74) is 8.26. The molecule has 1 fully saturated rings. The van der Waals surface area contributed by atoms with Gasteiger partial charge >= 0.3 is 6.09 Å². The van der Waals surface area contributed by atoms with E-state index >= 15 is 0 Å². The molecule has 1 heterocycles. The molecule has 3 rings (SSSR count). The van der Waals surface area contributed by atoms with E-state index < -0.39 is 6.04 Å². The Hall–Kier alpha value is -2.77. The third-order valence-electron chi connectivity index (χ3n) is 5.06. The van der Waals surface area contributed by atoms with Gasteiger partial charge in [-0.05, 0) is 36.6 Å². The van der Waals surface area contributed by atoms with Gasteiger partial charge < -0.3 is 25.0 Å². The van der Waals surface area contributed by atoms with E-state index in [1.165, 1.54) is 0 Å². The topological polar surface area (TPSA) is 85.1 Å². The zero-order valence-electron chi connectivity index (χ0n) is 17.7. The van der Waals surface area contributed by atoms with Crippen LogP contribution in [0.3, 0.4) is 0 Å². The van der Waals surface area contributed by atoms with Crippen LogP contribution in [-0.4, -0.2) is 60.6 Å². The van der Waals surface area contributed by atoms with Gasteiger partial charge in [0.2, 0.25) is 5.91 Å². The molecule has 0 aromatic heterocycles. The lowest BCUT2D eigenvalue weighted by atomic mass is 10.0. The van der Waals surface area contributed by atoms with Crippen LogP contribution < -0.4 is 10.5 Å². The lowest BCUT2D eigenvalue weighted by Gasteiger charge is -2.35. The molecule has 0 unspecified atom stereocenters. The Labute approximate surface area is 189 Å². The molecule has 168 valence electrons. The molecule has 31 heavy (non-hydrogen) atoms. The second-order valence-electron chi connectivity index (χ2n) is 7.24. The third-order valence-corrected chi connectivity index (χ3v) is 5.06. The predicted octanol–water partition coefficient (Wildman–Crippen LogP) is 2.86. The van der Waals surface area contributed by atoms with Crippen LogP contribution in [0.1, 0.15) is 18.1 Å². The zero-order valence-corrected chi connectivity index (χ0v) is 18.6. The van der Waals surface area contributed by atoms with Crippen molar-refractivity contribution in [2.45, 2.75) is 26.0 Å². The monoisotopic (exact) mass is 447 g/mol. The molecular weight excluding hydrogens is 418 g/mol. The Balaban J connectivity index is 0.00000341. The molecule has 2 aromatic carbocycles. The minimum atomic E-state index is -0.616. The van der Waals surface area contributed by atoms with Crippen molar-refractivity contribution in [1.82, 2.24) is 9.80 Å². The molecule has 1 atom stereocenters. The number of ether oxygens (including phenoxy) is 2. The minimum absolute atomic E-state index is 0. The maximum absolute atomic E-state index is 12.7. The maximum Gasteiger partial charge on any atom is 0.409 e. The number of nitrogens with two attached hydrogens (primary N) is 1. The molecule has 0 radical (unpaired) electrons. The molecule has 1 saturated heterocycles. The number of nitrogens with zero attached hydrogens (tertiary/aromatic N) is 2. The maximum atomic E-state index is 12.7. The molecule has 0 bridgehead atoms. The number of benzene rings is 2. The molecule has 1 aliphatic rings. The van der Waals surface area contributed by atoms with Crippen LogP contribution in [0.4, 0.5) is 4.79 Å². The van der Waals surface area contributed by atoms with Crippen LogP contribution in [0, 0.1) is 0 Å². The van der Waals surface area contributed by atoms with E-state index in [4.69, 9.17) is 15.2 Å². The van der Waals surface area contributed by atoms with Crippen molar-refractivity contribution in [3.8, 4) is 5.75 Å². The Kier molecular flexibility index (Phi) is 9.62. The fraction of sp³-hybridized carbons (Fsp3) is 0.391. The molecule has 8 heteroatoms. The Morgan fingerprint density at radius 3 is 2.16 bits per heavy atom. The van der Waals surface area contributed by atoms with E-state index in [0.717, 1.165) is 16.9 Å². The standard InChI is InChI=1S/C23H29N3O4.ClH/c1-2-29-23(28)26-14-12-25(13-15-26)22(27)21(24)16-18-8-10-20(11-9-18)30-17-19-6-4-3-5-7-19;/h3-11,21H,2,12-17,24H2,1H3;1H/t21-;/m0./s1. The van der Waals surface area contributed by atoms with Gasteiger partial charge in [-0.15, -0.1) is 12.4 Å². The van der Waals surface area contributed by atoms with Gasteiger partial charge in [-0.25, -0.2) is 4.79 Å². The summed E-state index contributed by atoms with van der Waals surface area (Å²) in [4.78, 5) is 27.8. The molecule has 1 aliphatic heterocycles. The van der Waals surface area contributed by atoms with Gasteiger partial charge in [0, 0.05) is 26.2 Å². The summed E-state index contributed by atoms with van der Waals surface area (Å²) in [7, 11) is 0. The van der Waals surface area contributed by atoms with Crippen LogP contribution in [0.2, 0.25) is 0 Å². The van der Waals surface area contributed by atoms with Crippen molar-refractivity contribution in [2.75, 3.05) is 32.8 Å². The second-order valence-corrected chi connectivity index (χ2v) is 7.24. The highest BCUT2D eigenvalue weighted by Crippen LogP contribution is 2.16. The fourth-order valence-corrected chi connectivity index (χ4v) is 3.36. The highest BCUT2D eigenvalue weighted by Gasteiger charge is 2.27. The van der Waals surface area contributed by atoms with Gasteiger partial charge in [-0.1, -0.05) is 42.5 Å². The van der Waals surface area contributed by atoms with Crippen molar-refractivity contribution in [3.05, 3.63) is 65.7 Å². The SMILES string of the molecule is CCOC(=O)N1CCN(C(=O)[C@@H](N)Cc2ccc(OCc3ccccc3)cc2)CC1.Cl. The van der Waals surface area contributed by atoms with Crippen LogP contribution in [0.15, 0.2) is 54.6 Å². The van der Waals surface area contributed by atoms with Gasteiger partial charge in [-0.3, -0.25) is 4.79 Å². The minimum Gasteiger partial charge on any atom is -0.489 e. The first-order chi connectivity index (χ1) is 14.6. The summed E-state index contributed by atoms with van der Waals surface area (Å²) < 4.78 is 10.8. The highest BCUT2D eigenvalue weighted by molar-refractivity contribution is 5.85. The number of carbonyl (C=O) groups excluding carboxylic acids is 2. The number of hydrogen-bond acceptors (Lipinski definition) is 5. The summed E-state index contributed by atoms with van der Waals surface area (Å²) in [6.07, 6.45) is 0.124. The van der Waals surface area contributed by atoms with E-state index in [1.807, 2.05) is 54.6 Å². The molecule has 7 nitrogen and oxygen atoms in total. The summed E-state index contributed by atoms with van der Waals surface area (Å²) in [6.45, 7) is 4.50. The first-order valence-corrected chi connectivity index (χ1v) is 10.3. The van der Waals surface area contributed by atoms with E-state index in [2.05, 4.69) is 0 Å². The normalized spacial score (nSPS) is 14.4. The zero-order chi connectivity index (χ0) is 21.3. The first-order valence-electron chi connectivity index (χ1n) is 10.3. The van der Waals surface area contributed by atoms with Crippen LogP contribution >= 0.6 is 12.4 Å². The second kappa shape index (κ2) is 12.2. The summed E-state index contributed by atoms with van der Waals surface area (Å²) >= 11 is 0. The number of halogens is 1. The quantitative estimate of drug-likeness (QED) is 0.705. The van der Waals surface area contributed by atoms with Crippen LogP contribution in [0.25, 0.3) is 0 Å². The highest BCUT2D eigenvalue weighted by atomic mass is 35.5. The van der Waals surface area contributed by atoms with E-state index in [-0.39, 0.29) is 24.4 Å². The van der Waals surface area contributed by atoms with Gasteiger partial charge in [-0.2, -0.15) is 0 Å². The van der Waals surface area contributed by atoms with Crippen molar-refractivity contribution < 1.29 is 19.1 Å². The van der Waals surface area contributed by atoms with Crippen LogP contribution in [0.5, 0.6) is 5.75 Å². The smallest absolute Gasteiger partial charge is 0.409 e. The average molecular weight is 448 g/mol. The summed E-state index contributed by atoms with van der Waals surface area (Å²) in [6, 6.07) is 17.0. The molecule has 0 aliphatic carbocycles. The van der Waals surface area contributed by atoms with Crippen molar-refractivity contribution in [3.63, 3.8) is 0 Å². The van der Waals surface area contributed by atoms with E-state index in [0.29, 0.717) is 45.8 Å². The van der Waals surface area contributed by atoms with Gasteiger partial charge in [0.15, 0.2) is 0 Å². The van der Waals surface area contributed by atoms with E-state index in [9.17, 15) is 9.59 Å². The lowest BCUT2D eigenvalue weighted by molar-refractivity contribution is -0.134. The number of hydrogen-bond donors (Lipinski definition) is 1. The number of carbonyl (C=O) groups is 2. The molecule has 2 N–H and O–H groups in total. The van der Waals surface area contributed by atoms with Crippen molar-refractivity contribution in [2.24, 2.45) is 5.73 Å². The Bertz CT molecular complexity index is 824. The van der Waals surface area contributed by atoms with Crippen LogP contribution in [-0.2, 0) is 22.6 Å². The predicted molar refractivity (Wildman–Crippen MR) is 121 cm³/mol. The lowest BCUT2D eigenvalue weighted by Crippen LogP contribution is -2.54. The van der Waals surface area contributed by atoms with Gasteiger partial charge in [0.05, 0.1) is 12.6 Å². The summed E-state index contributed by atoms with van der Waals surface area (Å²) in [5.74, 6) is 0.681. The molecule has 0 spiro atoms. The largest absolute Gasteiger partial charge is 0.489 e.